The van der Waals surface area contributed by atoms with E-state index >= 15 is 0 Å². The predicted octanol–water partition coefficient (Wildman–Crippen LogP) is 5.04. The first-order valence-corrected chi connectivity index (χ1v) is 9.00. The summed E-state index contributed by atoms with van der Waals surface area (Å²) in [6, 6.07) is 13.7. The van der Waals surface area contributed by atoms with E-state index in [2.05, 4.69) is 42.6 Å². The Morgan fingerprint density at radius 1 is 1.24 bits per heavy atom. The second-order valence-electron chi connectivity index (χ2n) is 5.86. The molecule has 1 aliphatic rings. The molecule has 1 heterocycles. The molecule has 112 valence electrons. The van der Waals surface area contributed by atoms with E-state index in [4.69, 9.17) is 11.6 Å². The van der Waals surface area contributed by atoms with Crippen LogP contribution >= 0.6 is 22.9 Å². The molecule has 0 bridgehead atoms. The highest BCUT2D eigenvalue weighted by Gasteiger charge is 2.23. The molecule has 21 heavy (non-hydrogen) atoms. The van der Waals surface area contributed by atoms with Crippen molar-refractivity contribution in [3.63, 3.8) is 0 Å². The van der Waals surface area contributed by atoms with Crippen LogP contribution < -0.4 is 5.32 Å². The Hall–Kier alpha value is -0.830. The second kappa shape index (κ2) is 6.95. The average Bonchev–Trinajstić information content (AvgIpc) is 3.21. The molecule has 2 aromatic rings. The van der Waals surface area contributed by atoms with Crippen LogP contribution in [0, 0.1) is 0 Å². The van der Waals surface area contributed by atoms with Crippen molar-refractivity contribution in [1.82, 2.24) is 5.32 Å². The van der Waals surface area contributed by atoms with Gasteiger partial charge in [-0.05, 0) is 55.5 Å². The minimum atomic E-state index is 0.507. The summed E-state index contributed by atoms with van der Waals surface area (Å²) in [4.78, 5) is 2.96. The summed E-state index contributed by atoms with van der Waals surface area (Å²) >= 11 is 8.12. The fourth-order valence-corrected chi connectivity index (χ4v) is 3.87. The van der Waals surface area contributed by atoms with Crippen LogP contribution in [0.25, 0.3) is 0 Å². The third-order valence-electron chi connectivity index (χ3n) is 4.06. The minimum absolute atomic E-state index is 0.507. The van der Waals surface area contributed by atoms with Crippen LogP contribution in [0.5, 0.6) is 0 Å². The molecular formula is C18H22ClNS. The first kappa shape index (κ1) is 15.1. The lowest BCUT2D eigenvalue weighted by molar-refractivity contribution is 0.580. The van der Waals surface area contributed by atoms with E-state index in [1.54, 1.807) is 0 Å². The highest BCUT2D eigenvalue weighted by Crippen LogP contribution is 2.28. The van der Waals surface area contributed by atoms with Crippen LogP contribution in [0.1, 0.15) is 41.0 Å². The van der Waals surface area contributed by atoms with E-state index in [-0.39, 0.29) is 0 Å². The van der Waals surface area contributed by atoms with E-state index in [0.717, 1.165) is 30.5 Å². The third-order valence-corrected chi connectivity index (χ3v) is 5.55. The molecule has 1 aliphatic carbocycles. The Bertz CT molecular complexity index is 588. The summed E-state index contributed by atoms with van der Waals surface area (Å²) < 4.78 is 0. The lowest BCUT2D eigenvalue weighted by Crippen LogP contribution is -2.24. The second-order valence-corrected chi connectivity index (χ2v) is 7.55. The van der Waals surface area contributed by atoms with Gasteiger partial charge in [-0.1, -0.05) is 30.7 Å². The van der Waals surface area contributed by atoms with Gasteiger partial charge in [0.25, 0.3) is 0 Å². The molecule has 1 aromatic carbocycles. The highest BCUT2D eigenvalue weighted by atomic mass is 35.5. The van der Waals surface area contributed by atoms with Gasteiger partial charge in [0, 0.05) is 33.3 Å². The Balaban J connectivity index is 1.73. The monoisotopic (exact) mass is 319 g/mol. The van der Waals surface area contributed by atoms with Crippen molar-refractivity contribution in [2.75, 3.05) is 6.54 Å². The molecule has 1 fully saturated rings. The van der Waals surface area contributed by atoms with Gasteiger partial charge in [0.1, 0.15) is 0 Å². The summed E-state index contributed by atoms with van der Waals surface area (Å²) in [6.45, 7) is 3.27. The van der Waals surface area contributed by atoms with Gasteiger partial charge in [-0.15, -0.1) is 11.3 Å². The van der Waals surface area contributed by atoms with Gasteiger partial charge in [0.05, 0.1) is 0 Å². The molecule has 0 radical (unpaired) electrons. The Morgan fingerprint density at radius 3 is 2.71 bits per heavy atom. The highest BCUT2D eigenvalue weighted by molar-refractivity contribution is 7.11. The van der Waals surface area contributed by atoms with Crippen molar-refractivity contribution in [3.05, 3.63) is 56.7 Å². The van der Waals surface area contributed by atoms with Gasteiger partial charge in [-0.25, -0.2) is 0 Å². The number of hydrogen-bond donors (Lipinski definition) is 1. The Kier molecular flexibility index (Phi) is 4.99. The van der Waals surface area contributed by atoms with Gasteiger partial charge < -0.3 is 5.32 Å². The van der Waals surface area contributed by atoms with Gasteiger partial charge in [-0.2, -0.15) is 0 Å². The smallest absolute Gasteiger partial charge is 0.0408 e. The average molecular weight is 320 g/mol. The molecule has 0 saturated heterocycles. The summed E-state index contributed by atoms with van der Waals surface area (Å²) in [5, 5.41) is 4.51. The number of hydrogen-bond acceptors (Lipinski definition) is 2. The van der Waals surface area contributed by atoms with Crippen molar-refractivity contribution < 1.29 is 0 Å². The molecule has 0 amide bonds. The van der Waals surface area contributed by atoms with Gasteiger partial charge in [-0.3, -0.25) is 0 Å². The van der Waals surface area contributed by atoms with Gasteiger partial charge >= 0.3 is 0 Å². The molecule has 0 aliphatic heterocycles. The molecule has 1 nitrogen and oxygen atoms in total. The molecule has 1 unspecified atom stereocenters. The number of rotatable bonds is 7. The normalized spacial score (nSPS) is 16.1. The van der Waals surface area contributed by atoms with E-state index in [9.17, 15) is 0 Å². The lowest BCUT2D eigenvalue weighted by atomic mass is 9.95. The SMILES string of the molecule is CCc1ccc(CC(CNC2CC2)c2cccc(Cl)c2)s1. The van der Waals surface area contributed by atoms with Gasteiger partial charge in [0.2, 0.25) is 0 Å². The molecule has 1 saturated carbocycles. The molecule has 1 atom stereocenters. The Labute approximate surface area is 136 Å². The minimum Gasteiger partial charge on any atom is -0.313 e. The van der Waals surface area contributed by atoms with Crippen LogP contribution in [0.15, 0.2) is 36.4 Å². The fourth-order valence-electron chi connectivity index (χ4n) is 2.63. The number of thiophene rings is 1. The Morgan fingerprint density at radius 2 is 2.05 bits per heavy atom. The zero-order valence-corrected chi connectivity index (χ0v) is 14.0. The number of nitrogens with one attached hydrogen (secondary N) is 1. The maximum atomic E-state index is 6.18. The number of halogens is 1. The van der Waals surface area contributed by atoms with Crippen LogP contribution in [0.2, 0.25) is 5.02 Å². The standard InChI is InChI=1S/C18H22ClNS/c1-2-17-8-9-18(21-17)11-14(12-20-16-6-7-16)13-4-3-5-15(19)10-13/h3-5,8-10,14,16,20H,2,6-7,11-12H2,1H3. The molecule has 1 aromatic heterocycles. The van der Waals surface area contributed by atoms with Crippen molar-refractivity contribution in [1.29, 1.82) is 0 Å². The predicted molar refractivity (Wildman–Crippen MR) is 92.6 cm³/mol. The van der Waals surface area contributed by atoms with E-state index in [1.165, 1.54) is 28.2 Å². The number of benzene rings is 1. The first-order chi connectivity index (χ1) is 10.2. The first-order valence-electron chi connectivity index (χ1n) is 7.81. The van der Waals surface area contributed by atoms with Crippen molar-refractivity contribution in [2.24, 2.45) is 0 Å². The molecule has 1 N–H and O–H groups in total. The van der Waals surface area contributed by atoms with Crippen LogP contribution in [0.3, 0.4) is 0 Å². The van der Waals surface area contributed by atoms with Crippen molar-refractivity contribution in [2.45, 2.75) is 44.6 Å². The molecule has 3 heteroatoms. The summed E-state index contributed by atoms with van der Waals surface area (Å²) in [7, 11) is 0. The molecule has 0 spiro atoms. The van der Waals surface area contributed by atoms with Crippen molar-refractivity contribution >= 4 is 22.9 Å². The van der Waals surface area contributed by atoms with Gasteiger partial charge in [0.15, 0.2) is 0 Å². The third kappa shape index (κ3) is 4.32. The summed E-state index contributed by atoms with van der Waals surface area (Å²) in [5.74, 6) is 0.507. The van der Waals surface area contributed by atoms with Crippen LogP contribution in [-0.2, 0) is 12.8 Å². The largest absolute Gasteiger partial charge is 0.313 e. The maximum absolute atomic E-state index is 6.18. The summed E-state index contributed by atoms with van der Waals surface area (Å²) in [5.41, 5.74) is 1.35. The maximum Gasteiger partial charge on any atom is 0.0408 e. The quantitative estimate of drug-likeness (QED) is 0.753. The fraction of sp³-hybridized carbons (Fsp3) is 0.444. The topological polar surface area (TPSA) is 12.0 Å². The number of aryl methyl sites for hydroxylation is 1. The zero-order valence-electron chi connectivity index (χ0n) is 12.4. The summed E-state index contributed by atoms with van der Waals surface area (Å²) in [6.07, 6.45) is 4.90. The molecule has 3 rings (SSSR count). The van der Waals surface area contributed by atoms with Crippen molar-refractivity contribution in [3.8, 4) is 0 Å². The van der Waals surface area contributed by atoms with E-state index in [1.807, 2.05) is 17.4 Å². The van der Waals surface area contributed by atoms with E-state index in [0.29, 0.717) is 5.92 Å². The van der Waals surface area contributed by atoms with Crippen LogP contribution in [0.4, 0.5) is 0 Å². The zero-order chi connectivity index (χ0) is 14.7. The molecular weight excluding hydrogens is 298 g/mol. The van der Waals surface area contributed by atoms with Crippen LogP contribution in [-0.4, -0.2) is 12.6 Å². The van der Waals surface area contributed by atoms with E-state index < -0.39 is 0 Å². The lowest BCUT2D eigenvalue weighted by Gasteiger charge is -2.18.